The average Bonchev–Trinajstić information content (AvgIpc) is 2.32. The fraction of sp³-hybridized carbons (Fsp3) is 0.571. The highest BCUT2D eigenvalue weighted by molar-refractivity contribution is 5.55. The number of likely N-dealkylation sites (N-methyl/N-ethyl adjacent to an activating group) is 1. The lowest BCUT2D eigenvalue weighted by atomic mass is 10.1. The summed E-state index contributed by atoms with van der Waals surface area (Å²) in [6, 6.07) is 6.50. The number of aliphatic hydroxyl groups is 1. The highest BCUT2D eigenvalue weighted by Crippen LogP contribution is 2.24. The fourth-order valence-corrected chi connectivity index (χ4v) is 2.17. The van der Waals surface area contributed by atoms with Gasteiger partial charge in [-0.2, -0.15) is 0 Å². The van der Waals surface area contributed by atoms with Crippen molar-refractivity contribution >= 4 is 5.69 Å². The van der Waals surface area contributed by atoms with E-state index in [0.29, 0.717) is 12.6 Å². The molecule has 0 spiro atoms. The monoisotopic (exact) mass is 237 g/mol. The Morgan fingerprint density at radius 2 is 2.12 bits per heavy atom. The Balaban J connectivity index is 3.02. The maximum atomic E-state index is 9.44. The Kier molecular flexibility index (Phi) is 5.45. The molecule has 0 aliphatic rings. The van der Waals surface area contributed by atoms with Crippen molar-refractivity contribution in [1.82, 2.24) is 0 Å². The summed E-state index contributed by atoms with van der Waals surface area (Å²) in [5.74, 6) is 0. The number of benzene rings is 1. The molecule has 1 aromatic rings. The average molecular weight is 237 g/mol. The first-order valence-corrected chi connectivity index (χ1v) is 6.10. The van der Waals surface area contributed by atoms with Gasteiger partial charge < -0.3 is 14.7 Å². The zero-order valence-electron chi connectivity index (χ0n) is 11.2. The first-order chi connectivity index (χ1) is 8.13. The SMILES string of the molecule is CCN(c1ccc(C)cc1CO)C(C)COC. The lowest BCUT2D eigenvalue weighted by Crippen LogP contribution is -2.36. The van der Waals surface area contributed by atoms with E-state index in [-0.39, 0.29) is 6.61 Å². The highest BCUT2D eigenvalue weighted by atomic mass is 16.5. The minimum atomic E-state index is 0.0766. The number of methoxy groups -OCH3 is 1. The minimum Gasteiger partial charge on any atom is -0.392 e. The third-order valence-electron chi connectivity index (χ3n) is 3.00. The molecule has 96 valence electrons. The fourth-order valence-electron chi connectivity index (χ4n) is 2.17. The van der Waals surface area contributed by atoms with Crippen LogP contribution >= 0.6 is 0 Å². The van der Waals surface area contributed by atoms with Crippen molar-refractivity contribution in [3.05, 3.63) is 29.3 Å². The molecule has 0 saturated carbocycles. The largest absolute Gasteiger partial charge is 0.392 e. The molecule has 1 rings (SSSR count). The van der Waals surface area contributed by atoms with Crippen molar-refractivity contribution in [1.29, 1.82) is 0 Å². The normalized spacial score (nSPS) is 12.5. The molecule has 17 heavy (non-hydrogen) atoms. The van der Waals surface area contributed by atoms with Crippen LogP contribution in [0.4, 0.5) is 5.69 Å². The van der Waals surface area contributed by atoms with Crippen LogP contribution in [0.5, 0.6) is 0 Å². The van der Waals surface area contributed by atoms with Gasteiger partial charge in [-0.15, -0.1) is 0 Å². The van der Waals surface area contributed by atoms with Gasteiger partial charge in [0.05, 0.1) is 13.2 Å². The summed E-state index contributed by atoms with van der Waals surface area (Å²) in [5.41, 5.74) is 3.26. The van der Waals surface area contributed by atoms with E-state index in [4.69, 9.17) is 4.74 Å². The van der Waals surface area contributed by atoms with Crippen LogP contribution < -0.4 is 4.90 Å². The second-order valence-electron chi connectivity index (χ2n) is 4.38. The number of rotatable bonds is 6. The molecule has 1 unspecified atom stereocenters. The maximum absolute atomic E-state index is 9.44. The van der Waals surface area contributed by atoms with Crippen molar-refractivity contribution in [2.45, 2.75) is 33.4 Å². The molecule has 0 amide bonds. The number of aliphatic hydroxyl groups excluding tert-OH is 1. The van der Waals surface area contributed by atoms with Gasteiger partial charge in [0.1, 0.15) is 0 Å². The number of aryl methyl sites for hydroxylation is 1. The van der Waals surface area contributed by atoms with Gasteiger partial charge in [0.25, 0.3) is 0 Å². The van der Waals surface area contributed by atoms with E-state index >= 15 is 0 Å². The third kappa shape index (κ3) is 3.45. The van der Waals surface area contributed by atoms with Gasteiger partial charge in [-0.25, -0.2) is 0 Å². The van der Waals surface area contributed by atoms with E-state index in [9.17, 15) is 5.11 Å². The topological polar surface area (TPSA) is 32.7 Å². The number of hydrogen-bond acceptors (Lipinski definition) is 3. The van der Waals surface area contributed by atoms with Crippen LogP contribution in [0.15, 0.2) is 18.2 Å². The van der Waals surface area contributed by atoms with E-state index in [0.717, 1.165) is 17.8 Å². The third-order valence-corrected chi connectivity index (χ3v) is 3.00. The van der Waals surface area contributed by atoms with Crippen molar-refractivity contribution in [2.24, 2.45) is 0 Å². The van der Waals surface area contributed by atoms with Gasteiger partial charge in [-0.1, -0.05) is 17.7 Å². The molecule has 0 aliphatic carbocycles. The first kappa shape index (κ1) is 14.0. The molecule has 1 aromatic carbocycles. The Hall–Kier alpha value is -1.06. The second-order valence-corrected chi connectivity index (χ2v) is 4.38. The van der Waals surface area contributed by atoms with Crippen LogP contribution in [-0.2, 0) is 11.3 Å². The molecule has 0 radical (unpaired) electrons. The summed E-state index contributed by atoms with van der Waals surface area (Å²) < 4.78 is 5.20. The van der Waals surface area contributed by atoms with E-state index < -0.39 is 0 Å². The molecule has 1 atom stereocenters. The molecular formula is C14H23NO2. The van der Waals surface area contributed by atoms with Gasteiger partial charge in [0.2, 0.25) is 0 Å². The van der Waals surface area contributed by atoms with Gasteiger partial charge in [0, 0.05) is 30.9 Å². The van der Waals surface area contributed by atoms with Crippen LogP contribution in [-0.4, -0.2) is 31.4 Å². The summed E-state index contributed by atoms with van der Waals surface area (Å²) >= 11 is 0. The van der Waals surface area contributed by atoms with E-state index in [1.165, 1.54) is 5.56 Å². The smallest absolute Gasteiger partial charge is 0.0702 e. The Bertz CT molecular complexity index is 352. The highest BCUT2D eigenvalue weighted by Gasteiger charge is 2.15. The zero-order valence-corrected chi connectivity index (χ0v) is 11.2. The van der Waals surface area contributed by atoms with Crippen molar-refractivity contribution < 1.29 is 9.84 Å². The molecule has 3 heteroatoms. The Morgan fingerprint density at radius 3 is 2.65 bits per heavy atom. The van der Waals surface area contributed by atoms with Crippen LogP contribution in [0.25, 0.3) is 0 Å². The van der Waals surface area contributed by atoms with Crippen LogP contribution in [0.1, 0.15) is 25.0 Å². The molecule has 0 aromatic heterocycles. The standard InChI is InChI=1S/C14H23NO2/c1-5-15(12(3)10-17-4)14-7-6-11(2)8-13(14)9-16/h6-8,12,16H,5,9-10H2,1-4H3. The summed E-state index contributed by atoms with van der Waals surface area (Å²) in [6.45, 7) is 7.96. The predicted molar refractivity (Wildman–Crippen MR) is 71.5 cm³/mol. The van der Waals surface area contributed by atoms with Crippen molar-refractivity contribution in [3.8, 4) is 0 Å². The molecule has 0 fully saturated rings. The van der Waals surface area contributed by atoms with Crippen molar-refractivity contribution in [2.75, 3.05) is 25.2 Å². The summed E-state index contributed by atoms with van der Waals surface area (Å²) in [5, 5.41) is 9.44. The van der Waals surface area contributed by atoms with E-state index in [2.05, 4.69) is 30.9 Å². The number of anilines is 1. The summed E-state index contributed by atoms with van der Waals surface area (Å²) in [4.78, 5) is 2.26. The molecule has 0 heterocycles. The van der Waals surface area contributed by atoms with E-state index in [1.54, 1.807) is 7.11 Å². The van der Waals surface area contributed by atoms with Crippen molar-refractivity contribution in [3.63, 3.8) is 0 Å². The van der Waals surface area contributed by atoms with Crippen LogP contribution in [0.2, 0.25) is 0 Å². The first-order valence-electron chi connectivity index (χ1n) is 6.10. The molecular weight excluding hydrogens is 214 g/mol. The summed E-state index contributed by atoms with van der Waals surface area (Å²) in [7, 11) is 1.71. The summed E-state index contributed by atoms with van der Waals surface area (Å²) in [6.07, 6.45) is 0. The lowest BCUT2D eigenvalue weighted by Gasteiger charge is -2.31. The minimum absolute atomic E-state index is 0.0766. The molecule has 0 saturated heterocycles. The van der Waals surface area contributed by atoms with Gasteiger partial charge in [-0.3, -0.25) is 0 Å². The van der Waals surface area contributed by atoms with E-state index in [1.807, 2.05) is 13.0 Å². The molecule has 0 aliphatic heterocycles. The quantitative estimate of drug-likeness (QED) is 0.824. The lowest BCUT2D eigenvalue weighted by molar-refractivity contribution is 0.181. The van der Waals surface area contributed by atoms with Gasteiger partial charge in [-0.05, 0) is 26.8 Å². The van der Waals surface area contributed by atoms with Crippen LogP contribution in [0, 0.1) is 6.92 Å². The Labute approximate surface area is 104 Å². The number of hydrogen-bond donors (Lipinski definition) is 1. The molecule has 1 N–H and O–H groups in total. The maximum Gasteiger partial charge on any atom is 0.0702 e. The predicted octanol–water partition coefficient (Wildman–Crippen LogP) is 2.35. The van der Waals surface area contributed by atoms with Gasteiger partial charge >= 0.3 is 0 Å². The van der Waals surface area contributed by atoms with Gasteiger partial charge in [0.15, 0.2) is 0 Å². The number of ether oxygens (including phenoxy) is 1. The Morgan fingerprint density at radius 1 is 1.41 bits per heavy atom. The second kappa shape index (κ2) is 6.62. The zero-order chi connectivity index (χ0) is 12.8. The number of nitrogens with zero attached hydrogens (tertiary/aromatic N) is 1. The molecule has 0 bridgehead atoms. The molecule has 3 nitrogen and oxygen atoms in total. The van der Waals surface area contributed by atoms with Crippen LogP contribution in [0.3, 0.4) is 0 Å².